The normalized spacial score (nSPS) is 35.6. The Labute approximate surface area is 134 Å². The van der Waals surface area contributed by atoms with Crippen LogP contribution in [0.15, 0.2) is 12.2 Å². The Morgan fingerprint density at radius 1 is 1.05 bits per heavy atom. The second kappa shape index (κ2) is 6.74. The molecule has 4 bridgehead atoms. The lowest BCUT2D eigenvalue weighted by molar-refractivity contribution is -0.182. The third-order valence-corrected chi connectivity index (χ3v) is 5.91. The van der Waals surface area contributed by atoms with Gasteiger partial charge < -0.3 is 9.47 Å². The molecule has 0 atom stereocenters. The summed E-state index contributed by atoms with van der Waals surface area (Å²) in [5.74, 6) is 2.29. The maximum atomic E-state index is 12.4. The van der Waals surface area contributed by atoms with E-state index >= 15 is 0 Å². The van der Waals surface area contributed by atoms with Crippen molar-refractivity contribution in [3.63, 3.8) is 0 Å². The van der Waals surface area contributed by atoms with Gasteiger partial charge in [0, 0.05) is 19.3 Å². The predicted octanol–water partition coefficient (Wildman–Crippen LogP) is 4.26. The predicted molar refractivity (Wildman–Crippen MR) is 86.5 cm³/mol. The number of ether oxygens (including phenoxy) is 2. The lowest BCUT2D eigenvalue weighted by Gasteiger charge is -2.55. The summed E-state index contributed by atoms with van der Waals surface area (Å²) < 4.78 is 11.1. The Morgan fingerprint density at radius 2 is 1.64 bits per heavy atom. The summed E-state index contributed by atoms with van der Waals surface area (Å²) in [5, 5.41) is 0. The number of rotatable bonds is 8. The van der Waals surface area contributed by atoms with Crippen molar-refractivity contribution < 1.29 is 14.3 Å². The molecule has 0 N–H and O–H groups in total. The van der Waals surface area contributed by atoms with Crippen LogP contribution in [0.3, 0.4) is 0 Å². The van der Waals surface area contributed by atoms with E-state index in [1.54, 1.807) is 7.11 Å². The average molecular weight is 306 g/mol. The van der Waals surface area contributed by atoms with Gasteiger partial charge in [0.2, 0.25) is 0 Å². The van der Waals surface area contributed by atoms with Crippen LogP contribution in [0.1, 0.15) is 64.2 Å². The van der Waals surface area contributed by atoms with Crippen LogP contribution < -0.4 is 0 Å². The molecule has 0 aromatic carbocycles. The minimum Gasteiger partial charge on any atom is -0.456 e. The van der Waals surface area contributed by atoms with Crippen LogP contribution in [0.25, 0.3) is 0 Å². The first-order valence-corrected chi connectivity index (χ1v) is 9.00. The second-order valence-corrected chi connectivity index (χ2v) is 7.90. The summed E-state index contributed by atoms with van der Waals surface area (Å²) in [7, 11) is 1.72. The molecule has 0 radical (unpaired) electrons. The largest absolute Gasteiger partial charge is 0.456 e. The first-order valence-electron chi connectivity index (χ1n) is 9.00. The number of carbonyl (C=O) groups is 1. The minimum atomic E-state index is -0.134. The fourth-order valence-electron chi connectivity index (χ4n) is 5.29. The SMILES string of the molecule is C=C(CCCCCOC)C(=O)OC12CC3CC(CC(C3)C1)C2. The molecular weight excluding hydrogens is 276 g/mol. The Morgan fingerprint density at radius 3 is 2.18 bits per heavy atom. The van der Waals surface area contributed by atoms with E-state index in [1.165, 1.54) is 19.3 Å². The molecule has 0 saturated heterocycles. The Bertz CT molecular complexity index is 391. The summed E-state index contributed by atoms with van der Waals surface area (Å²) in [5.41, 5.74) is 0.526. The molecule has 0 aromatic heterocycles. The van der Waals surface area contributed by atoms with Crippen molar-refractivity contribution in [1.82, 2.24) is 0 Å². The molecule has 0 amide bonds. The zero-order chi connectivity index (χ0) is 15.6. The van der Waals surface area contributed by atoms with Gasteiger partial charge in [0.1, 0.15) is 5.60 Å². The fraction of sp³-hybridized carbons (Fsp3) is 0.842. The van der Waals surface area contributed by atoms with E-state index in [-0.39, 0.29) is 11.6 Å². The van der Waals surface area contributed by atoms with E-state index in [2.05, 4.69) is 6.58 Å². The lowest BCUT2D eigenvalue weighted by Crippen LogP contribution is -2.52. The van der Waals surface area contributed by atoms with E-state index in [0.717, 1.165) is 69.3 Å². The number of methoxy groups -OCH3 is 1. The smallest absolute Gasteiger partial charge is 0.333 e. The maximum Gasteiger partial charge on any atom is 0.333 e. The lowest BCUT2D eigenvalue weighted by atomic mass is 9.54. The molecule has 22 heavy (non-hydrogen) atoms. The van der Waals surface area contributed by atoms with Crippen LogP contribution in [0.4, 0.5) is 0 Å². The second-order valence-electron chi connectivity index (χ2n) is 7.90. The van der Waals surface area contributed by atoms with Crippen LogP contribution in [0, 0.1) is 17.8 Å². The van der Waals surface area contributed by atoms with Crippen molar-refractivity contribution in [2.45, 2.75) is 69.8 Å². The Balaban J connectivity index is 1.46. The summed E-state index contributed by atoms with van der Waals surface area (Å²) in [6, 6.07) is 0. The molecule has 0 aromatic rings. The van der Waals surface area contributed by atoms with Gasteiger partial charge in [-0.3, -0.25) is 0 Å². The van der Waals surface area contributed by atoms with Gasteiger partial charge >= 0.3 is 5.97 Å². The minimum absolute atomic E-state index is 0.131. The van der Waals surface area contributed by atoms with Gasteiger partial charge in [0.05, 0.1) is 0 Å². The molecule has 4 saturated carbocycles. The Hall–Kier alpha value is -0.830. The van der Waals surface area contributed by atoms with E-state index < -0.39 is 0 Å². The highest BCUT2D eigenvalue weighted by molar-refractivity contribution is 5.88. The van der Waals surface area contributed by atoms with Crippen LogP contribution in [0.2, 0.25) is 0 Å². The van der Waals surface area contributed by atoms with Crippen molar-refractivity contribution in [2.24, 2.45) is 17.8 Å². The molecule has 0 heterocycles. The maximum absolute atomic E-state index is 12.4. The van der Waals surface area contributed by atoms with Gasteiger partial charge in [-0.2, -0.15) is 0 Å². The number of unbranched alkanes of at least 4 members (excludes halogenated alkanes) is 2. The highest BCUT2D eigenvalue weighted by Crippen LogP contribution is 2.57. The topological polar surface area (TPSA) is 35.5 Å². The molecule has 4 fully saturated rings. The molecule has 0 aliphatic heterocycles. The van der Waals surface area contributed by atoms with Crippen LogP contribution in [-0.2, 0) is 14.3 Å². The molecule has 3 nitrogen and oxygen atoms in total. The van der Waals surface area contributed by atoms with Crippen LogP contribution in [0.5, 0.6) is 0 Å². The van der Waals surface area contributed by atoms with E-state index in [0.29, 0.717) is 5.57 Å². The zero-order valence-corrected chi connectivity index (χ0v) is 13.9. The van der Waals surface area contributed by atoms with Crippen molar-refractivity contribution in [1.29, 1.82) is 0 Å². The number of hydrogen-bond acceptors (Lipinski definition) is 3. The fourth-order valence-corrected chi connectivity index (χ4v) is 5.29. The van der Waals surface area contributed by atoms with Crippen LogP contribution in [-0.4, -0.2) is 25.3 Å². The highest BCUT2D eigenvalue weighted by atomic mass is 16.6. The molecular formula is C19H30O3. The highest BCUT2D eigenvalue weighted by Gasteiger charge is 2.53. The van der Waals surface area contributed by atoms with Gasteiger partial charge in [-0.1, -0.05) is 13.0 Å². The summed E-state index contributed by atoms with van der Waals surface area (Å²) in [6.45, 7) is 4.76. The third kappa shape index (κ3) is 3.56. The van der Waals surface area contributed by atoms with Crippen molar-refractivity contribution in [3.8, 4) is 0 Å². The van der Waals surface area contributed by atoms with Crippen molar-refractivity contribution in [2.75, 3.05) is 13.7 Å². The molecule has 3 heteroatoms. The third-order valence-electron chi connectivity index (χ3n) is 5.91. The number of carbonyl (C=O) groups excluding carboxylic acids is 1. The van der Waals surface area contributed by atoms with Gasteiger partial charge in [-0.05, 0) is 75.5 Å². The molecule has 4 rings (SSSR count). The average Bonchev–Trinajstić information content (AvgIpc) is 2.44. The first-order chi connectivity index (χ1) is 10.6. The summed E-state index contributed by atoms with van der Waals surface area (Å²) in [6.07, 6.45) is 11.3. The zero-order valence-electron chi connectivity index (χ0n) is 13.9. The number of hydrogen-bond donors (Lipinski definition) is 0. The van der Waals surface area contributed by atoms with Gasteiger partial charge in [-0.25, -0.2) is 4.79 Å². The molecule has 0 spiro atoms. The molecule has 4 aliphatic carbocycles. The van der Waals surface area contributed by atoms with Gasteiger partial charge in [0.15, 0.2) is 0 Å². The van der Waals surface area contributed by atoms with Gasteiger partial charge in [-0.15, -0.1) is 0 Å². The van der Waals surface area contributed by atoms with Crippen LogP contribution >= 0.6 is 0 Å². The van der Waals surface area contributed by atoms with E-state index in [9.17, 15) is 4.79 Å². The quantitative estimate of drug-likeness (QED) is 0.382. The van der Waals surface area contributed by atoms with E-state index in [4.69, 9.17) is 9.47 Å². The van der Waals surface area contributed by atoms with Crippen molar-refractivity contribution in [3.05, 3.63) is 12.2 Å². The molecule has 0 unspecified atom stereocenters. The molecule has 4 aliphatic rings. The summed E-state index contributed by atoms with van der Waals surface area (Å²) >= 11 is 0. The Kier molecular flexibility index (Phi) is 4.91. The van der Waals surface area contributed by atoms with Gasteiger partial charge in [0.25, 0.3) is 0 Å². The summed E-state index contributed by atoms with van der Waals surface area (Å²) in [4.78, 5) is 12.4. The standard InChI is InChI=1S/C19H30O3/c1-14(6-4-3-5-7-21-2)18(20)22-19-11-15-8-16(12-19)10-17(9-15)13-19/h15-17H,1,3-13H2,2H3. The first kappa shape index (κ1) is 16.0. The monoisotopic (exact) mass is 306 g/mol. The molecule has 124 valence electrons. The van der Waals surface area contributed by atoms with Crippen molar-refractivity contribution >= 4 is 5.97 Å². The number of esters is 1. The van der Waals surface area contributed by atoms with E-state index in [1.807, 2.05) is 0 Å².